The second kappa shape index (κ2) is 5.40. The summed E-state index contributed by atoms with van der Waals surface area (Å²) >= 11 is 0. The average Bonchev–Trinajstić information content (AvgIpc) is 3.21. The quantitative estimate of drug-likeness (QED) is 0.720. The standard InChI is InChI=1S/C13H23NO4S/c1-14(11-6-7-11)19(16,17)10-13(12(15)18-2)8-4-3-5-9-13/h11H,3-10H2,1-2H3. The number of hydrogen-bond donors (Lipinski definition) is 0. The third-order valence-corrected chi connectivity index (χ3v) is 6.48. The fourth-order valence-electron chi connectivity index (χ4n) is 2.97. The average molecular weight is 289 g/mol. The van der Waals surface area contributed by atoms with E-state index in [2.05, 4.69) is 0 Å². The molecule has 0 aromatic carbocycles. The Kier molecular flexibility index (Phi) is 4.20. The van der Waals surface area contributed by atoms with Crippen LogP contribution < -0.4 is 0 Å². The molecule has 0 aromatic heterocycles. The van der Waals surface area contributed by atoms with E-state index in [1.807, 2.05) is 0 Å². The summed E-state index contributed by atoms with van der Waals surface area (Å²) in [4.78, 5) is 12.1. The van der Waals surface area contributed by atoms with Gasteiger partial charge in [-0.2, -0.15) is 0 Å². The lowest BCUT2D eigenvalue weighted by Gasteiger charge is -2.35. The fraction of sp³-hybridized carbons (Fsp3) is 0.923. The molecule has 0 N–H and O–H groups in total. The molecule has 2 saturated carbocycles. The van der Waals surface area contributed by atoms with Gasteiger partial charge in [0, 0.05) is 13.1 Å². The maximum absolute atomic E-state index is 12.4. The van der Waals surface area contributed by atoms with Crippen LogP contribution in [0, 0.1) is 5.41 Å². The predicted molar refractivity (Wildman–Crippen MR) is 72.1 cm³/mol. The van der Waals surface area contributed by atoms with Crippen molar-refractivity contribution in [2.24, 2.45) is 5.41 Å². The van der Waals surface area contributed by atoms with Gasteiger partial charge in [0.05, 0.1) is 18.3 Å². The van der Waals surface area contributed by atoms with Crippen LogP contribution in [0.5, 0.6) is 0 Å². The molecule has 0 amide bonds. The van der Waals surface area contributed by atoms with Gasteiger partial charge in [0.1, 0.15) is 0 Å². The zero-order valence-electron chi connectivity index (χ0n) is 11.7. The molecule has 0 aliphatic heterocycles. The molecule has 110 valence electrons. The summed E-state index contributed by atoms with van der Waals surface area (Å²) < 4.78 is 31.2. The van der Waals surface area contributed by atoms with Gasteiger partial charge in [-0.1, -0.05) is 19.3 Å². The summed E-state index contributed by atoms with van der Waals surface area (Å²) in [6, 6.07) is 0.142. The minimum atomic E-state index is -3.38. The molecular formula is C13H23NO4S. The summed E-state index contributed by atoms with van der Waals surface area (Å²) in [7, 11) is -0.409. The molecule has 0 radical (unpaired) electrons. The van der Waals surface area contributed by atoms with Crippen molar-refractivity contribution in [3.05, 3.63) is 0 Å². The third kappa shape index (κ3) is 3.11. The zero-order valence-corrected chi connectivity index (χ0v) is 12.5. The molecule has 0 heterocycles. The lowest BCUT2D eigenvalue weighted by atomic mass is 9.75. The highest BCUT2D eigenvalue weighted by molar-refractivity contribution is 7.89. The Balaban J connectivity index is 2.17. The molecule has 0 saturated heterocycles. The Labute approximate surface area is 115 Å². The normalized spacial score (nSPS) is 23.3. The van der Waals surface area contributed by atoms with Crippen LogP contribution in [0.3, 0.4) is 0 Å². The van der Waals surface area contributed by atoms with Crippen molar-refractivity contribution in [2.45, 2.75) is 51.0 Å². The van der Waals surface area contributed by atoms with E-state index < -0.39 is 15.4 Å². The van der Waals surface area contributed by atoms with Crippen LogP contribution in [0.4, 0.5) is 0 Å². The van der Waals surface area contributed by atoms with Crippen LogP contribution >= 0.6 is 0 Å². The van der Waals surface area contributed by atoms with Crippen molar-refractivity contribution >= 4 is 16.0 Å². The highest BCUT2D eigenvalue weighted by atomic mass is 32.2. The fourth-order valence-corrected chi connectivity index (χ4v) is 4.94. The van der Waals surface area contributed by atoms with E-state index >= 15 is 0 Å². The molecule has 2 aliphatic rings. The SMILES string of the molecule is COC(=O)C1(CS(=O)(=O)N(C)C2CC2)CCCCC1. The first-order chi connectivity index (χ1) is 8.91. The maximum Gasteiger partial charge on any atom is 0.312 e. The van der Waals surface area contributed by atoms with Crippen LogP contribution in [0.25, 0.3) is 0 Å². The van der Waals surface area contributed by atoms with E-state index in [1.165, 1.54) is 11.4 Å². The number of nitrogens with zero attached hydrogens (tertiary/aromatic N) is 1. The van der Waals surface area contributed by atoms with Crippen molar-refractivity contribution in [3.63, 3.8) is 0 Å². The molecule has 2 rings (SSSR count). The molecule has 2 fully saturated rings. The number of carbonyl (C=O) groups excluding carboxylic acids is 1. The zero-order chi connectivity index (χ0) is 14.1. The monoisotopic (exact) mass is 289 g/mol. The van der Waals surface area contributed by atoms with Gasteiger partial charge in [-0.05, 0) is 25.7 Å². The number of hydrogen-bond acceptors (Lipinski definition) is 4. The number of carbonyl (C=O) groups is 1. The molecule has 0 aromatic rings. The van der Waals surface area contributed by atoms with Crippen molar-refractivity contribution in [1.29, 1.82) is 0 Å². The largest absolute Gasteiger partial charge is 0.469 e. The van der Waals surface area contributed by atoms with Crippen LogP contribution in [0.1, 0.15) is 44.9 Å². The van der Waals surface area contributed by atoms with Gasteiger partial charge in [0.15, 0.2) is 0 Å². The number of methoxy groups -OCH3 is 1. The first-order valence-electron chi connectivity index (χ1n) is 6.95. The Morgan fingerprint density at radius 3 is 2.32 bits per heavy atom. The van der Waals surface area contributed by atoms with E-state index in [0.29, 0.717) is 12.8 Å². The highest BCUT2D eigenvalue weighted by Crippen LogP contribution is 2.40. The van der Waals surface area contributed by atoms with Crippen LogP contribution in [0.2, 0.25) is 0 Å². The second-order valence-corrected chi connectivity index (χ2v) is 7.86. The van der Waals surface area contributed by atoms with E-state index in [1.54, 1.807) is 7.05 Å². The molecule has 6 heteroatoms. The number of esters is 1. The van der Waals surface area contributed by atoms with Crippen molar-refractivity contribution < 1.29 is 17.9 Å². The van der Waals surface area contributed by atoms with E-state index in [4.69, 9.17) is 4.74 Å². The molecular weight excluding hydrogens is 266 g/mol. The lowest BCUT2D eigenvalue weighted by Crippen LogP contribution is -2.45. The summed E-state index contributed by atoms with van der Waals surface area (Å²) in [6.45, 7) is 0. The lowest BCUT2D eigenvalue weighted by molar-refractivity contribution is -0.153. The van der Waals surface area contributed by atoms with Gasteiger partial charge in [-0.15, -0.1) is 0 Å². The smallest absolute Gasteiger partial charge is 0.312 e. The van der Waals surface area contributed by atoms with Gasteiger partial charge in [-0.3, -0.25) is 4.79 Å². The van der Waals surface area contributed by atoms with Gasteiger partial charge >= 0.3 is 5.97 Å². The van der Waals surface area contributed by atoms with Gasteiger partial charge in [0.2, 0.25) is 10.0 Å². The van der Waals surface area contributed by atoms with Crippen molar-refractivity contribution in [1.82, 2.24) is 4.31 Å². The van der Waals surface area contributed by atoms with E-state index in [0.717, 1.165) is 32.1 Å². The van der Waals surface area contributed by atoms with Crippen LogP contribution in [-0.4, -0.2) is 44.6 Å². The molecule has 0 bridgehead atoms. The summed E-state index contributed by atoms with van der Waals surface area (Å²) in [5.74, 6) is -0.459. The second-order valence-electron chi connectivity index (χ2n) is 5.84. The minimum absolute atomic E-state index is 0.0975. The van der Waals surface area contributed by atoms with Crippen LogP contribution in [0.15, 0.2) is 0 Å². The van der Waals surface area contributed by atoms with Gasteiger partial charge in [-0.25, -0.2) is 12.7 Å². The third-order valence-electron chi connectivity index (χ3n) is 4.39. The Hall–Kier alpha value is -0.620. The molecule has 2 aliphatic carbocycles. The van der Waals surface area contributed by atoms with E-state index in [9.17, 15) is 13.2 Å². The first-order valence-corrected chi connectivity index (χ1v) is 8.56. The minimum Gasteiger partial charge on any atom is -0.469 e. The molecule has 19 heavy (non-hydrogen) atoms. The van der Waals surface area contributed by atoms with Crippen molar-refractivity contribution in [2.75, 3.05) is 19.9 Å². The Bertz CT molecular complexity index is 436. The van der Waals surface area contributed by atoms with Crippen LogP contribution in [-0.2, 0) is 19.6 Å². The maximum atomic E-state index is 12.4. The molecule has 0 spiro atoms. The summed E-state index contributed by atoms with van der Waals surface area (Å²) in [6.07, 6.45) is 5.98. The van der Waals surface area contributed by atoms with Crippen molar-refractivity contribution in [3.8, 4) is 0 Å². The number of rotatable bonds is 5. The van der Waals surface area contributed by atoms with Gasteiger partial charge < -0.3 is 4.74 Å². The summed E-state index contributed by atoms with van der Waals surface area (Å²) in [5.41, 5.74) is -0.824. The molecule has 0 atom stereocenters. The van der Waals surface area contributed by atoms with E-state index in [-0.39, 0.29) is 17.8 Å². The Morgan fingerprint density at radius 1 is 1.26 bits per heavy atom. The topological polar surface area (TPSA) is 63.7 Å². The Morgan fingerprint density at radius 2 is 1.84 bits per heavy atom. The number of ether oxygens (including phenoxy) is 1. The predicted octanol–water partition coefficient (Wildman–Crippen LogP) is 1.53. The first kappa shape index (κ1) is 14.8. The number of sulfonamides is 1. The summed E-state index contributed by atoms with van der Waals surface area (Å²) in [5, 5.41) is 0. The highest BCUT2D eigenvalue weighted by Gasteiger charge is 2.46. The molecule has 0 unspecified atom stereocenters. The van der Waals surface area contributed by atoms with Gasteiger partial charge in [0.25, 0.3) is 0 Å². The molecule has 5 nitrogen and oxygen atoms in total.